The molecule has 0 saturated heterocycles. The van der Waals surface area contributed by atoms with Gasteiger partial charge in [0.15, 0.2) is 0 Å². The number of halogens is 1. The first kappa shape index (κ1) is 15.1. The van der Waals surface area contributed by atoms with E-state index >= 15 is 0 Å². The molecule has 0 spiro atoms. The Bertz CT molecular complexity index is 357. The molecule has 0 aliphatic carbocycles. The van der Waals surface area contributed by atoms with E-state index in [1.165, 1.54) is 6.07 Å². The quantitative estimate of drug-likeness (QED) is 0.810. The van der Waals surface area contributed by atoms with Gasteiger partial charge in [0, 0.05) is 31.8 Å². The molecule has 1 unspecified atom stereocenters. The molecule has 0 aliphatic rings. The molecule has 1 rings (SSSR count). The lowest BCUT2D eigenvalue weighted by Crippen LogP contribution is -2.41. The zero-order chi connectivity index (χ0) is 13.5. The predicted molar refractivity (Wildman–Crippen MR) is 71.9 cm³/mol. The Morgan fingerprint density at radius 2 is 2.00 bits per heavy atom. The highest BCUT2D eigenvalue weighted by molar-refractivity contribution is 5.21. The highest BCUT2D eigenvalue weighted by Gasteiger charge is 2.23. The second-order valence-electron chi connectivity index (χ2n) is 4.60. The van der Waals surface area contributed by atoms with Crippen LogP contribution in [0, 0.1) is 5.82 Å². The van der Waals surface area contributed by atoms with E-state index in [1.54, 1.807) is 19.2 Å². The Hall–Kier alpha value is -0.970. The van der Waals surface area contributed by atoms with Crippen LogP contribution in [-0.2, 0) is 4.74 Å². The van der Waals surface area contributed by atoms with Gasteiger partial charge in [-0.2, -0.15) is 0 Å². The molecule has 0 bridgehead atoms. The van der Waals surface area contributed by atoms with Crippen LogP contribution in [0.2, 0.25) is 0 Å². The van der Waals surface area contributed by atoms with Gasteiger partial charge in [-0.3, -0.25) is 4.90 Å². The molecule has 1 aromatic carbocycles. The minimum Gasteiger partial charge on any atom is -0.383 e. The van der Waals surface area contributed by atoms with E-state index in [4.69, 9.17) is 10.5 Å². The minimum absolute atomic E-state index is 0.110. The number of ether oxygens (including phenoxy) is 1. The number of hydrogen-bond acceptors (Lipinski definition) is 3. The van der Waals surface area contributed by atoms with Crippen LogP contribution in [0.5, 0.6) is 0 Å². The summed E-state index contributed by atoms with van der Waals surface area (Å²) >= 11 is 0. The van der Waals surface area contributed by atoms with Gasteiger partial charge in [0.05, 0.1) is 12.6 Å². The monoisotopic (exact) mass is 254 g/mol. The number of hydrogen-bond donors (Lipinski definition) is 1. The Morgan fingerprint density at radius 1 is 1.33 bits per heavy atom. The fourth-order valence-corrected chi connectivity index (χ4v) is 2.16. The molecule has 4 heteroatoms. The number of benzene rings is 1. The van der Waals surface area contributed by atoms with Crippen LogP contribution in [-0.4, -0.2) is 37.7 Å². The summed E-state index contributed by atoms with van der Waals surface area (Å²) in [7, 11) is 1.67. The minimum atomic E-state index is -0.198. The molecule has 0 heterocycles. The largest absolute Gasteiger partial charge is 0.383 e. The van der Waals surface area contributed by atoms with Crippen LogP contribution in [0.1, 0.15) is 25.5 Å². The van der Waals surface area contributed by atoms with Crippen molar-refractivity contribution in [1.29, 1.82) is 0 Å². The molecule has 18 heavy (non-hydrogen) atoms. The summed E-state index contributed by atoms with van der Waals surface area (Å²) in [5.41, 5.74) is 6.49. The van der Waals surface area contributed by atoms with Crippen molar-refractivity contribution in [3.8, 4) is 0 Å². The van der Waals surface area contributed by atoms with Crippen molar-refractivity contribution in [1.82, 2.24) is 4.90 Å². The van der Waals surface area contributed by atoms with Gasteiger partial charge in [0.25, 0.3) is 0 Å². The second kappa shape index (κ2) is 7.46. The Labute approximate surface area is 109 Å². The van der Waals surface area contributed by atoms with Gasteiger partial charge >= 0.3 is 0 Å². The fourth-order valence-electron chi connectivity index (χ4n) is 2.16. The molecule has 0 saturated carbocycles. The normalized spacial score (nSPS) is 13.3. The number of nitrogens with two attached hydrogens (primary N) is 1. The summed E-state index contributed by atoms with van der Waals surface area (Å²) in [6, 6.07) is 6.99. The molecule has 102 valence electrons. The maximum atomic E-state index is 13.9. The van der Waals surface area contributed by atoms with Crippen LogP contribution < -0.4 is 5.73 Å². The Kier molecular flexibility index (Phi) is 6.25. The second-order valence-corrected chi connectivity index (χ2v) is 4.60. The molecule has 0 aromatic heterocycles. The van der Waals surface area contributed by atoms with E-state index < -0.39 is 0 Å². The van der Waals surface area contributed by atoms with Crippen molar-refractivity contribution in [2.45, 2.75) is 25.9 Å². The summed E-state index contributed by atoms with van der Waals surface area (Å²) < 4.78 is 19.0. The molecule has 0 amide bonds. The van der Waals surface area contributed by atoms with Gasteiger partial charge in [-0.1, -0.05) is 18.2 Å². The van der Waals surface area contributed by atoms with Gasteiger partial charge in [-0.25, -0.2) is 4.39 Å². The molecule has 2 N–H and O–H groups in total. The van der Waals surface area contributed by atoms with Crippen LogP contribution >= 0.6 is 0 Å². The summed E-state index contributed by atoms with van der Waals surface area (Å²) in [4.78, 5) is 2.17. The summed E-state index contributed by atoms with van der Waals surface area (Å²) in [6.07, 6.45) is 0. The van der Waals surface area contributed by atoms with Gasteiger partial charge < -0.3 is 10.5 Å². The molecule has 0 radical (unpaired) electrons. The molecule has 1 atom stereocenters. The Morgan fingerprint density at radius 3 is 2.50 bits per heavy atom. The Balaban J connectivity index is 2.95. The zero-order valence-electron chi connectivity index (χ0n) is 11.4. The van der Waals surface area contributed by atoms with Crippen molar-refractivity contribution in [3.63, 3.8) is 0 Å². The van der Waals surface area contributed by atoms with Gasteiger partial charge in [0.1, 0.15) is 5.82 Å². The lowest BCUT2D eigenvalue weighted by atomic mass is 10.0. The highest BCUT2D eigenvalue weighted by Crippen LogP contribution is 2.24. The van der Waals surface area contributed by atoms with Crippen molar-refractivity contribution < 1.29 is 9.13 Å². The number of nitrogens with zero attached hydrogens (tertiary/aromatic N) is 1. The first-order valence-electron chi connectivity index (χ1n) is 6.31. The average Bonchev–Trinajstić information content (AvgIpc) is 2.35. The molecule has 1 aromatic rings. The maximum absolute atomic E-state index is 13.9. The zero-order valence-corrected chi connectivity index (χ0v) is 11.4. The smallest absolute Gasteiger partial charge is 0.128 e. The fraction of sp³-hybridized carbons (Fsp3) is 0.571. The van der Waals surface area contributed by atoms with E-state index in [-0.39, 0.29) is 17.9 Å². The van der Waals surface area contributed by atoms with E-state index in [0.717, 1.165) is 6.54 Å². The van der Waals surface area contributed by atoms with Crippen LogP contribution in [0.3, 0.4) is 0 Å². The summed E-state index contributed by atoms with van der Waals surface area (Å²) in [6.45, 7) is 5.91. The van der Waals surface area contributed by atoms with Crippen molar-refractivity contribution in [2.75, 3.05) is 26.8 Å². The van der Waals surface area contributed by atoms with Crippen molar-refractivity contribution >= 4 is 0 Å². The van der Waals surface area contributed by atoms with E-state index in [2.05, 4.69) is 18.7 Å². The number of rotatable bonds is 7. The van der Waals surface area contributed by atoms with E-state index in [1.807, 2.05) is 6.07 Å². The lowest BCUT2D eigenvalue weighted by Gasteiger charge is -2.34. The summed E-state index contributed by atoms with van der Waals surface area (Å²) in [5, 5.41) is 0. The first-order chi connectivity index (χ1) is 8.61. The van der Waals surface area contributed by atoms with E-state index in [0.29, 0.717) is 18.7 Å². The third kappa shape index (κ3) is 3.77. The summed E-state index contributed by atoms with van der Waals surface area (Å²) in [5.74, 6) is -0.198. The van der Waals surface area contributed by atoms with Gasteiger partial charge in [-0.15, -0.1) is 0 Å². The SMILES string of the molecule is COCCN(C(C)C)C(CN)c1ccccc1F. The maximum Gasteiger partial charge on any atom is 0.128 e. The van der Waals surface area contributed by atoms with Crippen LogP contribution in [0.4, 0.5) is 4.39 Å². The van der Waals surface area contributed by atoms with Crippen molar-refractivity contribution in [2.24, 2.45) is 5.73 Å². The first-order valence-corrected chi connectivity index (χ1v) is 6.31. The third-order valence-electron chi connectivity index (χ3n) is 3.10. The van der Waals surface area contributed by atoms with Crippen LogP contribution in [0.25, 0.3) is 0 Å². The lowest BCUT2D eigenvalue weighted by molar-refractivity contribution is 0.0965. The highest BCUT2D eigenvalue weighted by atomic mass is 19.1. The van der Waals surface area contributed by atoms with Crippen molar-refractivity contribution in [3.05, 3.63) is 35.6 Å². The van der Waals surface area contributed by atoms with E-state index in [9.17, 15) is 4.39 Å². The molecule has 0 fully saturated rings. The van der Waals surface area contributed by atoms with Gasteiger partial charge in [-0.05, 0) is 19.9 Å². The standard InChI is InChI=1S/C14H23FN2O/c1-11(2)17(8-9-18-3)14(10-16)12-6-4-5-7-13(12)15/h4-7,11,14H,8-10,16H2,1-3H3. The molecular formula is C14H23FN2O. The van der Waals surface area contributed by atoms with Gasteiger partial charge in [0.2, 0.25) is 0 Å². The predicted octanol–water partition coefficient (Wildman–Crippen LogP) is 2.18. The molecule has 0 aliphatic heterocycles. The average molecular weight is 254 g/mol. The van der Waals surface area contributed by atoms with Crippen LogP contribution in [0.15, 0.2) is 24.3 Å². The third-order valence-corrected chi connectivity index (χ3v) is 3.10. The molecule has 3 nitrogen and oxygen atoms in total. The number of methoxy groups -OCH3 is 1. The molecular weight excluding hydrogens is 231 g/mol. The topological polar surface area (TPSA) is 38.5 Å².